The first-order valence-electron chi connectivity index (χ1n) is 6.51. The summed E-state index contributed by atoms with van der Waals surface area (Å²) in [5, 5.41) is 9.25. The molecule has 1 aromatic rings. The molecule has 1 aromatic carbocycles. The van der Waals surface area contributed by atoms with Crippen LogP contribution in [-0.4, -0.2) is 54.5 Å². The van der Waals surface area contributed by atoms with Gasteiger partial charge in [-0.3, -0.25) is 14.4 Å². The van der Waals surface area contributed by atoms with Gasteiger partial charge in [-0.05, 0) is 11.6 Å². The summed E-state index contributed by atoms with van der Waals surface area (Å²) in [6.45, 7) is -0.195. The number of anilines is 1. The number of hydrogen-bond donors (Lipinski definition) is 2. The van der Waals surface area contributed by atoms with Gasteiger partial charge in [0, 0.05) is 19.3 Å². The van der Waals surface area contributed by atoms with Crippen molar-refractivity contribution >= 4 is 23.5 Å². The number of carbonyl (C=O) groups is 3. The molecule has 112 valence electrons. The van der Waals surface area contributed by atoms with Crippen LogP contribution < -0.4 is 10.6 Å². The molecule has 0 aliphatic carbocycles. The van der Waals surface area contributed by atoms with E-state index in [2.05, 4.69) is 0 Å². The van der Waals surface area contributed by atoms with Crippen LogP contribution in [0.25, 0.3) is 0 Å². The van der Waals surface area contributed by atoms with Gasteiger partial charge >= 0.3 is 5.97 Å². The van der Waals surface area contributed by atoms with Crippen molar-refractivity contribution in [2.75, 3.05) is 31.6 Å². The number of carboxylic acid groups (broad SMARTS) is 1. The van der Waals surface area contributed by atoms with Gasteiger partial charge in [0.2, 0.25) is 11.8 Å². The molecule has 3 N–H and O–H groups in total. The monoisotopic (exact) mass is 291 g/mol. The zero-order chi connectivity index (χ0) is 15.6. The smallest absolute Gasteiger partial charge is 0.312 e. The molecule has 2 rings (SSSR count). The Morgan fingerprint density at radius 3 is 2.57 bits per heavy atom. The summed E-state index contributed by atoms with van der Waals surface area (Å²) >= 11 is 0. The van der Waals surface area contributed by atoms with Crippen LogP contribution in [0.3, 0.4) is 0 Å². The molecule has 1 fully saturated rings. The maximum Gasteiger partial charge on any atom is 0.312 e. The number of rotatable bonds is 4. The maximum absolute atomic E-state index is 12.1. The molecule has 0 saturated carbocycles. The number of nitrogens with zero attached hydrogens (tertiary/aromatic N) is 2. The van der Waals surface area contributed by atoms with Gasteiger partial charge in [0.05, 0.1) is 12.5 Å². The zero-order valence-electron chi connectivity index (χ0n) is 11.7. The predicted molar refractivity (Wildman–Crippen MR) is 75.9 cm³/mol. The number of carbonyl (C=O) groups excluding carboxylic acids is 2. The molecule has 0 spiro atoms. The molecule has 2 amide bonds. The molecule has 0 bridgehead atoms. The fraction of sp³-hybridized carbons (Fsp3) is 0.357. The lowest BCUT2D eigenvalue weighted by molar-refractivity contribution is -0.138. The standard InChI is InChI=1S/C14H17N3O4/c1-16-7-13(19)17(8-12(16)18)11-5-3-2-4-9(11)10(6-15)14(20)21/h2-5,10H,6-8,15H2,1H3,(H,20,21). The second kappa shape index (κ2) is 5.92. The number of benzene rings is 1. The van der Waals surface area contributed by atoms with Crippen LogP contribution in [0.4, 0.5) is 5.69 Å². The van der Waals surface area contributed by atoms with E-state index in [0.717, 1.165) is 0 Å². The van der Waals surface area contributed by atoms with Gasteiger partial charge in [-0.2, -0.15) is 0 Å². The molecular formula is C14H17N3O4. The summed E-state index contributed by atoms with van der Waals surface area (Å²) in [6, 6.07) is 6.64. The SMILES string of the molecule is CN1CC(=O)N(c2ccccc2C(CN)C(=O)O)CC1=O. The Bertz CT molecular complexity index is 587. The van der Waals surface area contributed by atoms with Gasteiger partial charge in [0.1, 0.15) is 6.54 Å². The first-order valence-corrected chi connectivity index (χ1v) is 6.51. The molecule has 0 radical (unpaired) electrons. The van der Waals surface area contributed by atoms with Crippen LogP contribution in [-0.2, 0) is 14.4 Å². The molecule has 1 atom stereocenters. The maximum atomic E-state index is 12.1. The Morgan fingerprint density at radius 2 is 1.95 bits per heavy atom. The molecule has 1 heterocycles. The highest BCUT2D eigenvalue weighted by atomic mass is 16.4. The third-order valence-corrected chi connectivity index (χ3v) is 3.53. The average molecular weight is 291 g/mol. The molecule has 1 aliphatic rings. The van der Waals surface area contributed by atoms with Crippen molar-refractivity contribution in [1.82, 2.24) is 4.90 Å². The number of hydrogen-bond acceptors (Lipinski definition) is 4. The van der Waals surface area contributed by atoms with E-state index in [1.807, 2.05) is 0 Å². The first kappa shape index (κ1) is 15.0. The number of nitrogens with two attached hydrogens (primary N) is 1. The summed E-state index contributed by atoms with van der Waals surface area (Å²) in [4.78, 5) is 37.9. The van der Waals surface area contributed by atoms with Crippen molar-refractivity contribution in [1.29, 1.82) is 0 Å². The first-order chi connectivity index (χ1) is 9.95. The quantitative estimate of drug-likeness (QED) is 0.787. The van der Waals surface area contributed by atoms with E-state index in [1.165, 1.54) is 9.80 Å². The van der Waals surface area contributed by atoms with Crippen molar-refractivity contribution in [2.45, 2.75) is 5.92 Å². The summed E-state index contributed by atoms with van der Waals surface area (Å²) in [7, 11) is 1.56. The Hall–Kier alpha value is -2.41. The van der Waals surface area contributed by atoms with Gasteiger partial charge in [-0.1, -0.05) is 18.2 Å². The topological polar surface area (TPSA) is 104 Å². The van der Waals surface area contributed by atoms with E-state index in [0.29, 0.717) is 11.3 Å². The van der Waals surface area contributed by atoms with Crippen molar-refractivity contribution in [2.24, 2.45) is 5.73 Å². The summed E-state index contributed by atoms with van der Waals surface area (Å²) < 4.78 is 0. The number of para-hydroxylation sites is 1. The molecule has 1 aliphatic heterocycles. The minimum absolute atomic E-state index is 0.0203. The Morgan fingerprint density at radius 1 is 1.29 bits per heavy atom. The highest BCUT2D eigenvalue weighted by Crippen LogP contribution is 2.28. The van der Waals surface area contributed by atoms with Gasteiger partial charge in [0.15, 0.2) is 0 Å². The largest absolute Gasteiger partial charge is 0.481 e. The molecule has 7 heteroatoms. The van der Waals surface area contributed by atoms with Gasteiger partial charge in [0.25, 0.3) is 0 Å². The minimum Gasteiger partial charge on any atom is -0.481 e. The van der Waals surface area contributed by atoms with Crippen LogP contribution in [0, 0.1) is 0 Å². The Kier molecular flexibility index (Phi) is 4.23. The predicted octanol–water partition coefficient (Wildman–Crippen LogP) is -0.381. The third-order valence-electron chi connectivity index (χ3n) is 3.53. The van der Waals surface area contributed by atoms with E-state index in [9.17, 15) is 19.5 Å². The van der Waals surface area contributed by atoms with E-state index in [1.54, 1.807) is 31.3 Å². The number of likely N-dealkylation sites (N-methyl/N-ethyl adjacent to an activating group) is 1. The fourth-order valence-electron chi connectivity index (χ4n) is 2.33. The van der Waals surface area contributed by atoms with Gasteiger partial charge in [-0.25, -0.2) is 0 Å². The van der Waals surface area contributed by atoms with E-state index < -0.39 is 11.9 Å². The minimum atomic E-state index is -1.06. The highest BCUT2D eigenvalue weighted by molar-refractivity contribution is 6.05. The van der Waals surface area contributed by atoms with Crippen LogP contribution in [0.1, 0.15) is 11.5 Å². The number of aliphatic carboxylic acids is 1. The molecule has 21 heavy (non-hydrogen) atoms. The van der Waals surface area contributed by atoms with Crippen LogP contribution in [0.15, 0.2) is 24.3 Å². The van der Waals surface area contributed by atoms with E-state index >= 15 is 0 Å². The second-order valence-electron chi connectivity index (χ2n) is 4.92. The van der Waals surface area contributed by atoms with Crippen LogP contribution in [0.2, 0.25) is 0 Å². The molecule has 1 unspecified atom stereocenters. The lowest BCUT2D eigenvalue weighted by Crippen LogP contribution is -2.52. The summed E-state index contributed by atoms with van der Waals surface area (Å²) in [5.41, 5.74) is 6.40. The fourth-order valence-corrected chi connectivity index (χ4v) is 2.33. The van der Waals surface area contributed by atoms with Gasteiger partial charge < -0.3 is 20.6 Å². The molecule has 0 aromatic heterocycles. The second-order valence-corrected chi connectivity index (χ2v) is 4.92. The normalized spacial score (nSPS) is 17.0. The zero-order valence-corrected chi connectivity index (χ0v) is 11.7. The van der Waals surface area contributed by atoms with E-state index in [4.69, 9.17) is 5.73 Å². The third kappa shape index (κ3) is 2.87. The highest BCUT2D eigenvalue weighted by Gasteiger charge is 2.32. The van der Waals surface area contributed by atoms with Crippen LogP contribution >= 0.6 is 0 Å². The van der Waals surface area contributed by atoms with Crippen molar-refractivity contribution in [3.8, 4) is 0 Å². The number of amides is 2. The van der Waals surface area contributed by atoms with Gasteiger partial charge in [-0.15, -0.1) is 0 Å². The van der Waals surface area contributed by atoms with Crippen molar-refractivity contribution in [3.05, 3.63) is 29.8 Å². The number of carboxylic acids is 1. The molecular weight excluding hydrogens is 274 g/mol. The van der Waals surface area contributed by atoms with Crippen molar-refractivity contribution in [3.63, 3.8) is 0 Å². The molecule has 7 nitrogen and oxygen atoms in total. The van der Waals surface area contributed by atoms with E-state index in [-0.39, 0.29) is 31.4 Å². The Labute approximate surface area is 121 Å². The number of piperazine rings is 1. The molecule has 1 saturated heterocycles. The van der Waals surface area contributed by atoms with Crippen LogP contribution in [0.5, 0.6) is 0 Å². The summed E-state index contributed by atoms with van der Waals surface area (Å²) in [5.74, 6) is -2.41. The lowest BCUT2D eigenvalue weighted by Gasteiger charge is -2.33. The lowest BCUT2D eigenvalue weighted by atomic mass is 9.96. The summed E-state index contributed by atoms with van der Waals surface area (Å²) in [6.07, 6.45) is 0. The average Bonchev–Trinajstić information content (AvgIpc) is 2.44. The Balaban J connectivity index is 2.42. The van der Waals surface area contributed by atoms with Crippen molar-refractivity contribution < 1.29 is 19.5 Å².